The molecule has 0 saturated carbocycles. The Morgan fingerprint density at radius 1 is 1.12 bits per heavy atom. The summed E-state index contributed by atoms with van der Waals surface area (Å²) < 4.78 is 16.4. The monoisotopic (exact) mass is 566 g/mol. The Balaban J connectivity index is 1.64. The Morgan fingerprint density at radius 2 is 1.90 bits per heavy atom. The highest BCUT2D eigenvalue weighted by atomic mass is 32.1. The molecule has 1 atom stereocenters. The highest BCUT2D eigenvalue weighted by Gasteiger charge is 2.34. The molecule has 3 heterocycles. The summed E-state index contributed by atoms with van der Waals surface area (Å²) >= 11 is 1.42. The number of carbonyl (C=O) groups excluding carboxylic acids is 2. The van der Waals surface area contributed by atoms with E-state index in [0.717, 1.165) is 10.4 Å². The lowest BCUT2D eigenvalue weighted by atomic mass is 10.1. The van der Waals surface area contributed by atoms with Gasteiger partial charge in [0.05, 0.1) is 14.2 Å². The van der Waals surface area contributed by atoms with Crippen LogP contribution in [0.15, 0.2) is 52.3 Å². The number of methoxy groups -OCH3 is 2. The third-order valence-corrected chi connectivity index (χ3v) is 6.90. The molecule has 3 aromatic heterocycles. The van der Waals surface area contributed by atoms with Crippen molar-refractivity contribution in [2.24, 2.45) is 0 Å². The Hall–Kier alpha value is -4.19. The van der Waals surface area contributed by atoms with Crippen LogP contribution in [0, 0.1) is 6.92 Å². The minimum absolute atomic E-state index is 0.205. The van der Waals surface area contributed by atoms with Gasteiger partial charge >= 0.3 is 0 Å². The molecule has 2 amide bonds. The van der Waals surface area contributed by atoms with Gasteiger partial charge in [0.2, 0.25) is 17.6 Å². The van der Waals surface area contributed by atoms with Crippen molar-refractivity contribution in [1.82, 2.24) is 30.4 Å². The topological polar surface area (TPSA) is 125 Å². The maximum absolute atomic E-state index is 13.9. The van der Waals surface area contributed by atoms with E-state index in [0.29, 0.717) is 29.4 Å². The van der Waals surface area contributed by atoms with Gasteiger partial charge in [-0.1, -0.05) is 12.1 Å². The van der Waals surface area contributed by atoms with Crippen molar-refractivity contribution in [3.63, 3.8) is 0 Å². The first kappa shape index (κ1) is 28.8. The molecule has 1 aromatic carbocycles. The summed E-state index contributed by atoms with van der Waals surface area (Å²) in [7, 11) is 3.15. The van der Waals surface area contributed by atoms with E-state index < -0.39 is 11.6 Å². The van der Waals surface area contributed by atoms with Crippen LogP contribution in [-0.2, 0) is 22.6 Å². The summed E-state index contributed by atoms with van der Waals surface area (Å²) in [6.07, 6.45) is 0.471. The van der Waals surface area contributed by atoms with Gasteiger partial charge in [0.15, 0.2) is 17.3 Å². The lowest BCUT2D eigenvalue weighted by Crippen LogP contribution is -2.50. The fourth-order valence-corrected chi connectivity index (χ4v) is 5.00. The van der Waals surface area contributed by atoms with E-state index in [-0.39, 0.29) is 30.7 Å². The van der Waals surface area contributed by atoms with Gasteiger partial charge in [0, 0.05) is 17.0 Å². The second kappa shape index (κ2) is 12.3. The van der Waals surface area contributed by atoms with E-state index in [9.17, 15) is 9.59 Å². The third-order valence-electron chi connectivity index (χ3n) is 5.97. The Labute approximate surface area is 237 Å². The van der Waals surface area contributed by atoms with Crippen LogP contribution < -0.4 is 14.8 Å². The van der Waals surface area contributed by atoms with Crippen molar-refractivity contribution in [2.75, 3.05) is 20.8 Å². The Morgan fingerprint density at radius 3 is 2.52 bits per heavy atom. The zero-order valence-corrected chi connectivity index (χ0v) is 24.3. The number of amides is 2. The molecule has 0 aliphatic heterocycles. The van der Waals surface area contributed by atoms with Gasteiger partial charge in [-0.15, -0.1) is 21.5 Å². The maximum Gasteiger partial charge on any atom is 0.248 e. The summed E-state index contributed by atoms with van der Waals surface area (Å²) in [5.74, 6) is 2.05. The van der Waals surface area contributed by atoms with Crippen molar-refractivity contribution in [2.45, 2.75) is 52.2 Å². The average molecular weight is 567 g/mol. The second-order valence-electron chi connectivity index (χ2n) is 10.2. The molecule has 12 heteroatoms. The van der Waals surface area contributed by atoms with E-state index in [1.807, 2.05) is 63.4 Å². The number of aryl methyl sites for hydroxylation is 1. The quantitative estimate of drug-likeness (QED) is 0.288. The van der Waals surface area contributed by atoms with Crippen molar-refractivity contribution in [3.05, 3.63) is 64.0 Å². The Bertz CT molecular complexity index is 1440. The van der Waals surface area contributed by atoms with Crippen LogP contribution >= 0.6 is 11.3 Å². The predicted molar refractivity (Wildman–Crippen MR) is 150 cm³/mol. The van der Waals surface area contributed by atoms with Gasteiger partial charge in [-0.2, -0.15) is 4.80 Å². The summed E-state index contributed by atoms with van der Waals surface area (Å²) in [5, 5.41) is 17.3. The first-order valence-corrected chi connectivity index (χ1v) is 13.7. The minimum atomic E-state index is -0.845. The van der Waals surface area contributed by atoms with Gasteiger partial charge < -0.3 is 24.1 Å². The maximum atomic E-state index is 13.9. The molecule has 212 valence electrons. The van der Waals surface area contributed by atoms with Crippen molar-refractivity contribution >= 4 is 23.2 Å². The molecular weight excluding hydrogens is 532 g/mol. The van der Waals surface area contributed by atoms with Crippen LogP contribution in [0.3, 0.4) is 0 Å². The number of thiophene rings is 1. The molecule has 0 radical (unpaired) electrons. The molecule has 0 spiro atoms. The second-order valence-corrected chi connectivity index (χ2v) is 11.2. The molecule has 0 aliphatic carbocycles. The first-order chi connectivity index (χ1) is 19.1. The van der Waals surface area contributed by atoms with Gasteiger partial charge in [-0.3, -0.25) is 9.59 Å². The van der Waals surface area contributed by atoms with E-state index in [4.69, 9.17) is 13.9 Å². The number of benzene rings is 1. The van der Waals surface area contributed by atoms with Crippen LogP contribution in [0.2, 0.25) is 0 Å². The molecular formula is C28H34N6O5S. The highest BCUT2D eigenvalue weighted by molar-refractivity contribution is 7.10. The number of aromatic nitrogens is 4. The summed E-state index contributed by atoms with van der Waals surface area (Å²) in [4.78, 5) is 31.1. The zero-order valence-electron chi connectivity index (χ0n) is 23.5. The number of nitrogens with one attached hydrogen (secondary N) is 1. The van der Waals surface area contributed by atoms with Gasteiger partial charge in [-0.25, -0.2) is 0 Å². The van der Waals surface area contributed by atoms with Crippen LogP contribution in [0.5, 0.6) is 11.5 Å². The summed E-state index contributed by atoms with van der Waals surface area (Å²) in [6.45, 7) is 7.59. The molecule has 4 aromatic rings. The van der Waals surface area contributed by atoms with Crippen LogP contribution in [0.1, 0.15) is 43.0 Å². The van der Waals surface area contributed by atoms with E-state index in [2.05, 4.69) is 20.7 Å². The van der Waals surface area contributed by atoms with E-state index in [1.165, 1.54) is 16.1 Å². The summed E-state index contributed by atoms with van der Waals surface area (Å²) in [5.41, 5.74) is 0.430. The molecule has 0 bridgehead atoms. The standard InChI is InChI=1S/C28H34N6O5S/c1-18-9-11-21(39-18)26-30-32-34(31-26)17-24(35)33(14-13-19-10-12-20(37-5)22(16-19)38-6)25(23-8-7-15-40-23)27(36)29-28(2,3)4/h7-12,15-16,25H,13-14,17H2,1-6H3,(H,29,36). The van der Waals surface area contributed by atoms with Gasteiger partial charge in [0.1, 0.15) is 18.3 Å². The SMILES string of the molecule is COc1ccc(CCN(C(=O)Cn2nnc(-c3ccc(C)o3)n2)C(C(=O)NC(C)(C)C)c2cccs2)cc1OC. The number of rotatable bonds is 11. The number of hydrogen-bond acceptors (Lipinski definition) is 9. The largest absolute Gasteiger partial charge is 0.493 e. The molecule has 40 heavy (non-hydrogen) atoms. The first-order valence-electron chi connectivity index (χ1n) is 12.8. The molecule has 0 fully saturated rings. The molecule has 1 unspecified atom stereocenters. The van der Waals surface area contributed by atoms with Crippen molar-refractivity contribution < 1.29 is 23.5 Å². The van der Waals surface area contributed by atoms with E-state index in [1.54, 1.807) is 31.3 Å². The van der Waals surface area contributed by atoms with E-state index >= 15 is 0 Å². The fraction of sp³-hybridized carbons (Fsp3) is 0.393. The smallest absolute Gasteiger partial charge is 0.248 e. The number of hydrogen-bond donors (Lipinski definition) is 1. The molecule has 11 nitrogen and oxygen atoms in total. The van der Waals surface area contributed by atoms with Gasteiger partial charge in [-0.05, 0) is 80.6 Å². The average Bonchev–Trinajstić information content (AvgIpc) is 3.67. The van der Waals surface area contributed by atoms with Gasteiger partial charge in [0.25, 0.3) is 0 Å². The third kappa shape index (κ3) is 7.06. The number of carbonyl (C=O) groups is 2. The molecule has 4 rings (SSSR count). The number of furan rings is 1. The fourth-order valence-electron chi connectivity index (χ4n) is 4.17. The number of tetrazole rings is 1. The normalized spacial score (nSPS) is 12.2. The van der Waals surface area contributed by atoms with Crippen LogP contribution in [-0.4, -0.2) is 63.2 Å². The number of nitrogens with zero attached hydrogens (tertiary/aromatic N) is 5. The lowest BCUT2D eigenvalue weighted by molar-refractivity contribution is -0.142. The van der Waals surface area contributed by atoms with Crippen LogP contribution in [0.25, 0.3) is 11.6 Å². The zero-order chi connectivity index (χ0) is 28.9. The lowest BCUT2D eigenvalue weighted by Gasteiger charge is -2.33. The predicted octanol–water partition coefficient (Wildman–Crippen LogP) is 4.05. The summed E-state index contributed by atoms with van der Waals surface area (Å²) in [6, 6.07) is 12.0. The van der Waals surface area contributed by atoms with Crippen molar-refractivity contribution in [1.29, 1.82) is 0 Å². The molecule has 0 aliphatic rings. The van der Waals surface area contributed by atoms with Crippen molar-refractivity contribution in [3.8, 4) is 23.1 Å². The minimum Gasteiger partial charge on any atom is -0.493 e. The molecule has 1 N–H and O–H groups in total. The highest BCUT2D eigenvalue weighted by Crippen LogP contribution is 2.30. The molecule has 0 saturated heterocycles. The van der Waals surface area contributed by atoms with Crippen LogP contribution in [0.4, 0.5) is 0 Å². The Kier molecular flexibility index (Phi) is 8.88. The number of ether oxygens (including phenoxy) is 2.